The Morgan fingerprint density at radius 3 is 2.81 bits per heavy atom. The number of halogens is 1. The summed E-state index contributed by atoms with van der Waals surface area (Å²) >= 11 is 6.05. The van der Waals surface area contributed by atoms with E-state index in [2.05, 4.69) is 4.98 Å². The minimum absolute atomic E-state index is 0.0773. The number of carbonyl (C=O) groups is 2. The molecule has 0 unspecified atom stereocenters. The minimum atomic E-state index is -0.986. The van der Waals surface area contributed by atoms with E-state index in [1.54, 1.807) is 0 Å². The summed E-state index contributed by atoms with van der Waals surface area (Å²) in [6.45, 7) is 4.12. The molecule has 1 saturated heterocycles. The summed E-state index contributed by atoms with van der Waals surface area (Å²) < 4.78 is 5.40. The highest BCUT2D eigenvalue weighted by Crippen LogP contribution is 2.26. The second kappa shape index (κ2) is 6.30. The zero-order valence-corrected chi connectivity index (χ0v) is 12.6. The number of hydrogen-bond acceptors (Lipinski definition) is 4. The van der Waals surface area contributed by atoms with Gasteiger partial charge < -0.3 is 14.7 Å². The number of carbonyl (C=O) groups excluding carboxylic acids is 1. The summed E-state index contributed by atoms with van der Waals surface area (Å²) in [6, 6.07) is 0.689. The van der Waals surface area contributed by atoms with Gasteiger partial charge in [-0.3, -0.25) is 4.79 Å². The number of pyridine rings is 1. The van der Waals surface area contributed by atoms with Crippen LogP contribution in [0.1, 0.15) is 37.0 Å². The first-order chi connectivity index (χ1) is 9.90. The molecule has 2 heterocycles. The molecule has 114 valence electrons. The van der Waals surface area contributed by atoms with Crippen molar-refractivity contribution in [2.45, 2.75) is 38.8 Å². The molecule has 21 heavy (non-hydrogen) atoms. The van der Waals surface area contributed by atoms with E-state index >= 15 is 0 Å². The molecule has 0 bridgehead atoms. The van der Waals surface area contributed by atoms with E-state index in [0.717, 1.165) is 0 Å². The Hall–Kier alpha value is -1.82. The summed E-state index contributed by atoms with van der Waals surface area (Å²) in [5.41, 5.74) is 0.268. The molecule has 1 aliphatic rings. The molecule has 0 saturated carbocycles. The van der Waals surface area contributed by atoms with Crippen LogP contribution in [0.15, 0.2) is 12.3 Å². The number of ether oxygens (including phenoxy) is 1. The van der Waals surface area contributed by atoms with E-state index in [9.17, 15) is 9.59 Å². The largest absolute Gasteiger partial charge is 0.480 e. The number of amides is 1. The number of aromatic nitrogens is 1. The lowest BCUT2D eigenvalue weighted by atomic mass is 10.2. The molecule has 1 aromatic rings. The number of aliphatic carboxylic acids is 1. The van der Waals surface area contributed by atoms with E-state index in [4.69, 9.17) is 21.4 Å². The molecule has 1 aromatic heterocycles. The van der Waals surface area contributed by atoms with Gasteiger partial charge in [0.25, 0.3) is 5.91 Å². The number of carboxylic acids is 1. The van der Waals surface area contributed by atoms with Crippen LogP contribution in [0.5, 0.6) is 5.88 Å². The summed E-state index contributed by atoms with van der Waals surface area (Å²) in [4.78, 5) is 28.9. The molecule has 0 aliphatic carbocycles. The van der Waals surface area contributed by atoms with E-state index < -0.39 is 12.0 Å². The Morgan fingerprint density at radius 1 is 1.52 bits per heavy atom. The van der Waals surface area contributed by atoms with Gasteiger partial charge in [-0.25, -0.2) is 9.78 Å². The van der Waals surface area contributed by atoms with E-state index in [1.165, 1.54) is 17.2 Å². The molecule has 2 rings (SSSR count). The van der Waals surface area contributed by atoms with Gasteiger partial charge in [0.2, 0.25) is 5.88 Å². The number of rotatable bonds is 4. The van der Waals surface area contributed by atoms with Crippen molar-refractivity contribution < 1.29 is 19.4 Å². The molecule has 0 radical (unpaired) electrons. The first-order valence-corrected chi connectivity index (χ1v) is 7.14. The highest BCUT2D eigenvalue weighted by atomic mass is 35.5. The van der Waals surface area contributed by atoms with Crippen LogP contribution in [-0.2, 0) is 4.79 Å². The highest BCUT2D eigenvalue weighted by Gasteiger charge is 2.34. The van der Waals surface area contributed by atoms with Crippen molar-refractivity contribution in [2.24, 2.45) is 0 Å². The molecule has 7 heteroatoms. The molecular formula is C14H17ClN2O4. The standard InChI is InChI=1S/C14H17ClN2O4/c1-8(2)21-12-10(15)6-9(7-16-12)13(18)17-5-3-4-11(17)14(19)20/h6-8,11H,3-5H2,1-2H3,(H,19,20)/t11-/m0/s1. The Balaban J connectivity index is 2.20. The van der Waals surface area contributed by atoms with Gasteiger partial charge in [0.15, 0.2) is 0 Å². The maximum absolute atomic E-state index is 12.4. The third-order valence-corrected chi connectivity index (χ3v) is 3.47. The monoisotopic (exact) mass is 312 g/mol. The number of carboxylic acid groups (broad SMARTS) is 1. The molecule has 1 atom stereocenters. The zero-order chi connectivity index (χ0) is 15.6. The van der Waals surface area contributed by atoms with Crippen molar-refractivity contribution in [3.8, 4) is 5.88 Å². The van der Waals surface area contributed by atoms with Gasteiger partial charge in [0.05, 0.1) is 11.7 Å². The van der Waals surface area contributed by atoms with Gasteiger partial charge in [0, 0.05) is 12.7 Å². The van der Waals surface area contributed by atoms with E-state index in [0.29, 0.717) is 19.4 Å². The lowest BCUT2D eigenvalue weighted by Gasteiger charge is -2.21. The zero-order valence-electron chi connectivity index (χ0n) is 11.9. The van der Waals surface area contributed by atoms with Crippen LogP contribution >= 0.6 is 11.6 Å². The second-order valence-corrected chi connectivity index (χ2v) is 5.58. The predicted molar refractivity (Wildman–Crippen MR) is 76.7 cm³/mol. The molecule has 1 N–H and O–H groups in total. The fraction of sp³-hybridized carbons (Fsp3) is 0.500. The van der Waals surface area contributed by atoms with Gasteiger partial charge in [-0.05, 0) is 32.8 Å². The van der Waals surface area contributed by atoms with Crippen LogP contribution in [0.3, 0.4) is 0 Å². The van der Waals surface area contributed by atoms with E-state index in [-0.39, 0.29) is 28.5 Å². The van der Waals surface area contributed by atoms with Crippen molar-refractivity contribution in [3.63, 3.8) is 0 Å². The van der Waals surface area contributed by atoms with Gasteiger partial charge >= 0.3 is 5.97 Å². The average Bonchev–Trinajstić information content (AvgIpc) is 2.89. The lowest BCUT2D eigenvalue weighted by Crippen LogP contribution is -2.40. The molecule has 1 aliphatic heterocycles. The van der Waals surface area contributed by atoms with Crippen molar-refractivity contribution in [1.29, 1.82) is 0 Å². The highest BCUT2D eigenvalue weighted by molar-refractivity contribution is 6.32. The first-order valence-electron chi connectivity index (χ1n) is 6.76. The van der Waals surface area contributed by atoms with Crippen molar-refractivity contribution >= 4 is 23.5 Å². The lowest BCUT2D eigenvalue weighted by molar-refractivity contribution is -0.141. The molecule has 0 spiro atoms. The van der Waals surface area contributed by atoms with Crippen LogP contribution in [0.2, 0.25) is 5.02 Å². The minimum Gasteiger partial charge on any atom is -0.480 e. The Labute approximate surface area is 127 Å². The van der Waals surface area contributed by atoms with Crippen LogP contribution in [-0.4, -0.2) is 45.6 Å². The predicted octanol–water partition coefficient (Wildman–Crippen LogP) is 2.21. The Morgan fingerprint density at radius 2 is 2.24 bits per heavy atom. The van der Waals surface area contributed by atoms with Crippen LogP contribution in [0, 0.1) is 0 Å². The Bertz CT molecular complexity index is 562. The van der Waals surface area contributed by atoms with Crippen molar-refractivity contribution in [3.05, 3.63) is 22.8 Å². The maximum Gasteiger partial charge on any atom is 0.326 e. The molecule has 1 amide bonds. The van der Waals surface area contributed by atoms with Gasteiger partial charge in [-0.1, -0.05) is 11.6 Å². The number of nitrogens with zero attached hydrogens (tertiary/aromatic N) is 2. The third kappa shape index (κ3) is 3.44. The van der Waals surface area contributed by atoms with Crippen LogP contribution < -0.4 is 4.74 Å². The fourth-order valence-corrected chi connectivity index (χ4v) is 2.50. The van der Waals surface area contributed by atoms with E-state index in [1.807, 2.05) is 13.8 Å². The normalized spacial score (nSPS) is 18.1. The average molecular weight is 313 g/mol. The fourth-order valence-electron chi connectivity index (χ4n) is 2.28. The maximum atomic E-state index is 12.4. The SMILES string of the molecule is CC(C)Oc1ncc(C(=O)N2CCC[C@H]2C(=O)O)cc1Cl. The Kier molecular flexibility index (Phi) is 4.67. The van der Waals surface area contributed by atoms with Gasteiger partial charge in [-0.2, -0.15) is 0 Å². The van der Waals surface area contributed by atoms with Gasteiger partial charge in [-0.15, -0.1) is 0 Å². The number of hydrogen-bond donors (Lipinski definition) is 1. The smallest absolute Gasteiger partial charge is 0.326 e. The summed E-state index contributed by atoms with van der Waals surface area (Å²) in [5.74, 6) is -1.09. The molecular weight excluding hydrogens is 296 g/mol. The third-order valence-electron chi connectivity index (χ3n) is 3.20. The summed E-state index contributed by atoms with van der Waals surface area (Å²) in [6.07, 6.45) is 2.43. The van der Waals surface area contributed by atoms with Crippen molar-refractivity contribution in [1.82, 2.24) is 9.88 Å². The molecule has 0 aromatic carbocycles. The summed E-state index contributed by atoms with van der Waals surface area (Å²) in [7, 11) is 0. The quantitative estimate of drug-likeness (QED) is 0.922. The summed E-state index contributed by atoms with van der Waals surface area (Å²) in [5, 5.41) is 9.36. The second-order valence-electron chi connectivity index (χ2n) is 5.17. The van der Waals surface area contributed by atoms with Crippen LogP contribution in [0.4, 0.5) is 0 Å². The van der Waals surface area contributed by atoms with Crippen LogP contribution in [0.25, 0.3) is 0 Å². The molecule has 6 nitrogen and oxygen atoms in total. The van der Waals surface area contributed by atoms with Crippen molar-refractivity contribution in [2.75, 3.05) is 6.54 Å². The first kappa shape index (κ1) is 15.6. The number of likely N-dealkylation sites (tertiary alicyclic amines) is 1. The van der Waals surface area contributed by atoms with Gasteiger partial charge in [0.1, 0.15) is 11.1 Å². The topological polar surface area (TPSA) is 79.7 Å². The molecule has 1 fully saturated rings.